The number of carbonyl (C=O) groups excluding carboxylic acids is 1. The highest BCUT2D eigenvalue weighted by molar-refractivity contribution is 5.90. The molecule has 0 saturated carbocycles. The molecule has 0 spiro atoms. The zero-order valence-electron chi connectivity index (χ0n) is 11.4. The van der Waals surface area contributed by atoms with Gasteiger partial charge in [-0.3, -0.25) is 0 Å². The van der Waals surface area contributed by atoms with Gasteiger partial charge in [-0.25, -0.2) is 4.79 Å². The molecule has 4 nitrogen and oxygen atoms in total. The molecule has 1 aromatic rings. The standard InChI is InChI=1S/C14H21NO3/c1-14(2,3)18-13(16)11-5-7-12(8-6-11)15-9-10-17-4/h5-8,15H,9-10H2,1-4H3. The van der Waals surface area contributed by atoms with E-state index in [2.05, 4.69) is 5.32 Å². The van der Waals surface area contributed by atoms with Crippen LogP contribution >= 0.6 is 0 Å². The summed E-state index contributed by atoms with van der Waals surface area (Å²) in [7, 11) is 1.66. The molecule has 0 atom stereocenters. The summed E-state index contributed by atoms with van der Waals surface area (Å²) in [6.07, 6.45) is 0. The van der Waals surface area contributed by atoms with Gasteiger partial charge in [0.15, 0.2) is 0 Å². The first kappa shape index (κ1) is 14.5. The normalized spacial score (nSPS) is 11.1. The summed E-state index contributed by atoms with van der Waals surface area (Å²) in [6, 6.07) is 7.22. The van der Waals surface area contributed by atoms with Gasteiger partial charge < -0.3 is 14.8 Å². The van der Waals surface area contributed by atoms with Gasteiger partial charge in [-0.05, 0) is 45.0 Å². The molecule has 0 aromatic heterocycles. The summed E-state index contributed by atoms with van der Waals surface area (Å²) in [4.78, 5) is 11.8. The summed E-state index contributed by atoms with van der Waals surface area (Å²) >= 11 is 0. The van der Waals surface area contributed by atoms with Crippen molar-refractivity contribution in [2.24, 2.45) is 0 Å². The highest BCUT2D eigenvalue weighted by Crippen LogP contribution is 2.14. The predicted molar refractivity (Wildman–Crippen MR) is 72.0 cm³/mol. The van der Waals surface area contributed by atoms with Crippen molar-refractivity contribution < 1.29 is 14.3 Å². The predicted octanol–water partition coefficient (Wildman–Crippen LogP) is 2.70. The molecule has 0 bridgehead atoms. The van der Waals surface area contributed by atoms with Gasteiger partial charge in [-0.2, -0.15) is 0 Å². The Kier molecular flexibility index (Phi) is 5.16. The van der Waals surface area contributed by atoms with Crippen LogP contribution < -0.4 is 5.32 Å². The molecule has 0 fully saturated rings. The quantitative estimate of drug-likeness (QED) is 0.645. The number of ether oxygens (including phenoxy) is 2. The maximum Gasteiger partial charge on any atom is 0.338 e. The van der Waals surface area contributed by atoms with Crippen LogP contribution in [0.1, 0.15) is 31.1 Å². The van der Waals surface area contributed by atoms with E-state index in [9.17, 15) is 4.79 Å². The third-order valence-electron chi connectivity index (χ3n) is 2.15. The molecule has 1 N–H and O–H groups in total. The Balaban J connectivity index is 2.57. The largest absolute Gasteiger partial charge is 0.456 e. The number of benzene rings is 1. The maximum absolute atomic E-state index is 11.8. The van der Waals surface area contributed by atoms with E-state index in [-0.39, 0.29) is 5.97 Å². The number of esters is 1. The van der Waals surface area contributed by atoms with E-state index in [0.29, 0.717) is 12.2 Å². The minimum Gasteiger partial charge on any atom is -0.456 e. The lowest BCUT2D eigenvalue weighted by Crippen LogP contribution is -2.23. The second-order valence-electron chi connectivity index (χ2n) is 5.00. The summed E-state index contributed by atoms with van der Waals surface area (Å²) < 4.78 is 10.2. The number of nitrogens with one attached hydrogen (secondary N) is 1. The number of anilines is 1. The molecule has 0 saturated heterocycles. The van der Waals surface area contributed by atoms with Crippen molar-refractivity contribution in [2.75, 3.05) is 25.6 Å². The summed E-state index contributed by atoms with van der Waals surface area (Å²) in [6.45, 7) is 6.94. The molecule has 0 aliphatic rings. The van der Waals surface area contributed by atoms with E-state index >= 15 is 0 Å². The third-order valence-corrected chi connectivity index (χ3v) is 2.15. The van der Waals surface area contributed by atoms with Crippen LogP contribution in [0.15, 0.2) is 24.3 Å². The molecule has 18 heavy (non-hydrogen) atoms. The van der Waals surface area contributed by atoms with E-state index in [0.717, 1.165) is 12.2 Å². The topological polar surface area (TPSA) is 47.6 Å². The second kappa shape index (κ2) is 6.40. The number of hydrogen-bond donors (Lipinski definition) is 1. The van der Waals surface area contributed by atoms with Crippen LogP contribution in [-0.4, -0.2) is 31.8 Å². The third kappa shape index (κ3) is 5.19. The van der Waals surface area contributed by atoms with Crippen LogP contribution in [0, 0.1) is 0 Å². The van der Waals surface area contributed by atoms with Crippen LogP contribution in [0.2, 0.25) is 0 Å². The minimum atomic E-state index is -0.466. The van der Waals surface area contributed by atoms with Crippen molar-refractivity contribution in [1.29, 1.82) is 0 Å². The second-order valence-corrected chi connectivity index (χ2v) is 5.00. The monoisotopic (exact) mass is 251 g/mol. The van der Waals surface area contributed by atoms with Crippen molar-refractivity contribution in [1.82, 2.24) is 0 Å². The van der Waals surface area contributed by atoms with Gasteiger partial charge in [0, 0.05) is 19.3 Å². The Labute approximate surface area is 108 Å². The molecule has 0 radical (unpaired) electrons. The lowest BCUT2D eigenvalue weighted by Gasteiger charge is -2.19. The van der Waals surface area contributed by atoms with E-state index in [4.69, 9.17) is 9.47 Å². The Morgan fingerprint density at radius 1 is 1.22 bits per heavy atom. The smallest absolute Gasteiger partial charge is 0.338 e. The lowest BCUT2D eigenvalue weighted by atomic mass is 10.1. The Morgan fingerprint density at radius 2 is 1.83 bits per heavy atom. The van der Waals surface area contributed by atoms with Crippen molar-refractivity contribution in [3.05, 3.63) is 29.8 Å². The van der Waals surface area contributed by atoms with E-state index < -0.39 is 5.60 Å². The average Bonchev–Trinajstić information content (AvgIpc) is 2.28. The van der Waals surface area contributed by atoms with Crippen molar-refractivity contribution in [2.45, 2.75) is 26.4 Å². The summed E-state index contributed by atoms with van der Waals surface area (Å²) in [5.41, 5.74) is 1.05. The molecular weight excluding hydrogens is 230 g/mol. The molecular formula is C14H21NO3. The van der Waals surface area contributed by atoms with Crippen LogP contribution in [0.5, 0.6) is 0 Å². The maximum atomic E-state index is 11.8. The molecule has 0 unspecified atom stereocenters. The van der Waals surface area contributed by atoms with Crippen LogP contribution in [0.4, 0.5) is 5.69 Å². The summed E-state index contributed by atoms with van der Waals surface area (Å²) in [5.74, 6) is -0.300. The Hall–Kier alpha value is -1.55. The number of methoxy groups -OCH3 is 1. The van der Waals surface area contributed by atoms with E-state index in [1.165, 1.54) is 0 Å². The SMILES string of the molecule is COCCNc1ccc(C(=O)OC(C)(C)C)cc1. The first-order valence-corrected chi connectivity index (χ1v) is 5.98. The van der Waals surface area contributed by atoms with Gasteiger partial charge in [-0.1, -0.05) is 0 Å². The molecule has 0 heterocycles. The van der Waals surface area contributed by atoms with Gasteiger partial charge in [0.25, 0.3) is 0 Å². The van der Waals surface area contributed by atoms with Crippen molar-refractivity contribution in [3.63, 3.8) is 0 Å². The molecule has 100 valence electrons. The van der Waals surface area contributed by atoms with Crippen LogP contribution in [0.25, 0.3) is 0 Å². The van der Waals surface area contributed by atoms with Crippen LogP contribution in [-0.2, 0) is 9.47 Å². The molecule has 1 aromatic carbocycles. The molecule has 1 rings (SSSR count). The molecule has 0 amide bonds. The first-order chi connectivity index (χ1) is 8.42. The van der Waals surface area contributed by atoms with Gasteiger partial charge >= 0.3 is 5.97 Å². The summed E-state index contributed by atoms with van der Waals surface area (Å²) in [5, 5.41) is 3.18. The Bertz CT molecular complexity index is 379. The highest BCUT2D eigenvalue weighted by Gasteiger charge is 2.17. The Morgan fingerprint density at radius 3 is 2.33 bits per heavy atom. The first-order valence-electron chi connectivity index (χ1n) is 5.98. The number of rotatable bonds is 5. The highest BCUT2D eigenvalue weighted by atomic mass is 16.6. The molecule has 0 aliphatic carbocycles. The van der Waals surface area contributed by atoms with Gasteiger partial charge in [0.2, 0.25) is 0 Å². The molecule has 4 heteroatoms. The van der Waals surface area contributed by atoms with Crippen molar-refractivity contribution in [3.8, 4) is 0 Å². The van der Waals surface area contributed by atoms with Gasteiger partial charge in [-0.15, -0.1) is 0 Å². The fraction of sp³-hybridized carbons (Fsp3) is 0.500. The number of hydrogen-bond acceptors (Lipinski definition) is 4. The fourth-order valence-electron chi connectivity index (χ4n) is 1.36. The molecule has 0 aliphatic heterocycles. The van der Waals surface area contributed by atoms with E-state index in [1.54, 1.807) is 19.2 Å². The van der Waals surface area contributed by atoms with Gasteiger partial charge in [0.1, 0.15) is 5.60 Å². The lowest BCUT2D eigenvalue weighted by molar-refractivity contribution is 0.00696. The van der Waals surface area contributed by atoms with Crippen LogP contribution in [0.3, 0.4) is 0 Å². The zero-order chi connectivity index (χ0) is 13.6. The van der Waals surface area contributed by atoms with Gasteiger partial charge in [0.05, 0.1) is 12.2 Å². The zero-order valence-corrected chi connectivity index (χ0v) is 11.4. The minimum absolute atomic E-state index is 0.300. The average molecular weight is 251 g/mol. The number of carbonyl (C=O) groups is 1. The van der Waals surface area contributed by atoms with E-state index in [1.807, 2.05) is 32.9 Å². The fourth-order valence-corrected chi connectivity index (χ4v) is 1.36. The van der Waals surface area contributed by atoms with Crippen molar-refractivity contribution >= 4 is 11.7 Å².